The number of amides is 2. The van der Waals surface area contributed by atoms with Crippen LogP contribution in [0.4, 0.5) is 15.8 Å². The number of methoxy groups -OCH3 is 1. The summed E-state index contributed by atoms with van der Waals surface area (Å²) in [7, 11) is 1.58. The van der Waals surface area contributed by atoms with Crippen molar-refractivity contribution in [2.45, 2.75) is 18.9 Å². The van der Waals surface area contributed by atoms with Gasteiger partial charge in [-0.3, -0.25) is 9.59 Å². The van der Waals surface area contributed by atoms with E-state index in [1.54, 1.807) is 42.3 Å². The maximum atomic E-state index is 13.4. The van der Waals surface area contributed by atoms with E-state index in [1.165, 1.54) is 24.3 Å². The monoisotopic (exact) mass is 462 g/mol. The highest BCUT2D eigenvalue weighted by Gasteiger charge is 2.42. The van der Waals surface area contributed by atoms with Crippen LogP contribution in [0.2, 0.25) is 0 Å². The lowest BCUT2D eigenvalue weighted by Crippen LogP contribution is -2.47. The standard InChI is InChI=1S/C26H23FN2O5/c1-32-20-9-2-16(3-10-20)25-21(26(31)28-18-6-4-17(27)5-7-18)11-13-24(30)29(25)19-8-12-22-23(14-19)34-15-33-22/h2-10,12,14,21,25H,11,13,15H2,1H3,(H,28,31)/t21-,25-/m0/s1. The summed E-state index contributed by atoms with van der Waals surface area (Å²) in [6.07, 6.45) is 0.589. The van der Waals surface area contributed by atoms with Crippen LogP contribution >= 0.6 is 0 Å². The van der Waals surface area contributed by atoms with Gasteiger partial charge in [0.2, 0.25) is 18.6 Å². The molecule has 1 N–H and O–H groups in total. The maximum Gasteiger partial charge on any atom is 0.231 e. The molecule has 0 spiro atoms. The van der Waals surface area contributed by atoms with Crippen LogP contribution in [0.15, 0.2) is 66.7 Å². The third-order valence-electron chi connectivity index (χ3n) is 6.14. The van der Waals surface area contributed by atoms with Crippen molar-refractivity contribution in [2.24, 2.45) is 5.92 Å². The number of nitrogens with zero attached hydrogens (tertiary/aromatic N) is 1. The number of benzene rings is 3. The normalized spacial score (nSPS) is 19.1. The van der Waals surface area contributed by atoms with Gasteiger partial charge in [0.1, 0.15) is 11.6 Å². The van der Waals surface area contributed by atoms with Gasteiger partial charge >= 0.3 is 0 Å². The van der Waals surface area contributed by atoms with Gasteiger partial charge in [0.25, 0.3) is 0 Å². The predicted molar refractivity (Wildman–Crippen MR) is 124 cm³/mol. The van der Waals surface area contributed by atoms with Crippen molar-refractivity contribution in [3.05, 3.63) is 78.1 Å². The summed E-state index contributed by atoms with van der Waals surface area (Å²) in [6, 6.07) is 17.7. The molecule has 34 heavy (non-hydrogen) atoms. The molecule has 3 aromatic rings. The molecule has 8 heteroatoms. The Morgan fingerprint density at radius 1 is 1.03 bits per heavy atom. The van der Waals surface area contributed by atoms with Crippen LogP contribution in [0.1, 0.15) is 24.4 Å². The van der Waals surface area contributed by atoms with Crippen molar-refractivity contribution in [1.82, 2.24) is 0 Å². The molecule has 1 saturated heterocycles. The molecule has 0 aliphatic carbocycles. The van der Waals surface area contributed by atoms with Crippen molar-refractivity contribution in [3.8, 4) is 17.2 Å². The highest BCUT2D eigenvalue weighted by Crippen LogP contribution is 2.44. The number of carbonyl (C=O) groups excluding carboxylic acids is 2. The highest BCUT2D eigenvalue weighted by molar-refractivity contribution is 6.00. The molecule has 5 rings (SSSR count). The largest absolute Gasteiger partial charge is 0.497 e. The molecule has 1 fully saturated rings. The SMILES string of the molecule is COc1ccc([C@H]2[C@@H](C(=O)Nc3ccc(F)cc3)CCC(=O)N2c2ccc3c(c2)OCO3)cc1. The van der Waals surface area contributed by atoms with Crippen LogP contribution in [-0.4, -0.2) is 25.7 Å². The van der Waals surface area contributed by atoms with E-state index in [2.05, 4.69) is 5.32 Å². The minimum absolute atomic E-state index is 0.0921. The zero-order valence-corrected chi connectivity index (χ0v) is 18.5. The molecule has 0 bridgehead atoms. The number of hydrogen-bond acceptors (Lipinski definition) is 5. The molecular formula is C26H23FN2O5. The Morgan fingerprint density at radius 3 is 2.50 bits per heavy atom. The average molecular weight is 462 g/mol. The second-order valence-corrected chi connectivity index (χ2v) is 8.16. The van der Waals surface area contributed by atoms with Crippen molar-refractivity contribution < 1.29 is 28.2 Å². The summed E-state index contributed by atoms with van der Waals surface area (Å²) in [5, 5.41) is 2.88. The van der Waals surface area contributed by atoms with Gasteiger partial charge in [-0.05, 0) is 60.5 Å². The molecule has 2 heterocycles. The number of fused-ring (bicyclic) bond motifs is 1. The van der Waals surface area contributed by atoms with Crippen LogP contribution in [0, 0.1) is 11.7 Å². The van der Waals surface area contributed by atoms with Gasteiger partial charge in [-0.15, -0.1) is 0 Å². The Balaban J connectivity index is 1.53. The molecular weight excluding hydrogens is 439 g/mol. The molecule has 2 amide bonds. The lowest BCUT2D eigenvalue weighted by atomic mass is 9.83. The molecule has 0 radical (unpaired) electrons. The van der Waals surface area contributed by atoms with E-state index in [0.717, 1.165) is 5.56 Å². The quantitative estimate of drug-likeness (QED) is 0.596. The fourth-order valence-corrected chi connectivity index (χ4v) is 4.46. The summed E-state index contributed by atoms with van der Waals surface area (Å²) >= 11 is 0. The topological polar surface area (TPSA) is 77.1 Å². The number of ether oxygens (including phenoxy) is 3. The van der Waals surface area contributed by atoms with Crippen molar-refractivity contribution in [1.29, 1.82) is 0 Å². The number of halogens is 1. The van der Waals surface area contributed by atoms with Gasteiger partial charge in [-0.1, -0.05) is 12.1 Å². The Kier molecular flexibility index (Phi) is 5.79. The average Bonchev–Trinajstić information content (AvgIpc) is 3.33. The van der Waals surface area contributed by atoms with E-state index in [0.29, 0.717) is 35.0 Å². The zero-order chi connectivity index (χ0) is 23.7. The van der Waals surface area contributed by atoms with Gasteiger partial charge in [0.15, 0.2) is 11.5 Å². The first-order valence-electron chi connectivity index (χ1n) is 11.0. The summed E-state index contributed by atoms with van der Waals surface area (Å²) in [4.78, 5) is 28.3. The van der Waals surface area contributed by atoms with Crippen molar-refractivity contribution in [3.63, 3.8) is 0 Å². The van der Waals surface area contributed by atoms with Crippen LogP contribution in [0.3, 0.4) is 0 Å². The highest BCUT2D eigenvalue weighted by atomic mass is 19.1. The molecule has 2 aliphatic heterocycles. The second-order valence-electron chi connectivity index (χ2n) is 8.16. The Morgan fingerprint density at radius 2 is 1.76 bits per heavy atom. The fourth-order valence-electron chi connectivity index (χ4n) is 4.46. The fraction of sp³-hybridized carbons (Fsp3) is 0.231. The third kappa shape index (κ3) is 4.14. The van der Waals surface area contributed by atoms with E-state index in [9.17, 15) is 14.0 Å². The number of piperidine rings is 1. The molecule has 2 atom stereocenters. The van der Waals surface area contributed by atoms with E-state index in [4.69, 9.17) is 14.2 Å². The first-order valence-corrected chi connectivity index (χ1v) is 11.0. The maximum absolute atomic E-state index is 13.4. The molecule has 3 aromatic carbocycles. The lowest BCUT2D eigenvalue weighted by Gasteiger charge is -2.41. The molecule has 0 aromatic heterocycles. The number of nitrogens with one attached hydrogen (secondary N) is 1. The molecule has 2 aliphatic rings. The van der Waals surface area contributed by atoms with Crippen LogP contribution in [0.25, 0.3) is 0 Å². The zero-order valence-electron chi connectivity index (χ0n) is 18.5. The Hall–Kier alpha value is -4.07. The summed E-state index contributed by atoms with van der Waals surface area (Å²) in [5.74, 6) is 0.577. The van der Waals surface area contributed by atoms with Crippen molar-refractivity contribution >= 4 is 23.2 Å². The Bertz CT molecular complexity index is 1210. The molecule has 7 nitrogen and oxygen atoms in total. The number of carbonyl (C=O) groups is 2. The van der Waals surface area contributed by atoms with Gasteiger partial charge in [-0.25, -0.2) is 4.39 Å². The predicted octanol–water partition coefficient (Wildman–Crippen LogP) is 4.69. The smallest absolute Gasteiger partial charge is 0.231 e. The van der Waals surface area contributed by atoms with E-state index < -0.39 is 12.0 Å². The summed E-state index contributed by atoms with van der Waals surface area (Å²) in [6.45, 7) is 0.122. The third-order valence-corrected chi connectivity index (χ3v) is 6.14. The first-order chi connectivity index (χ1) is 16.5. The van der Waals surface area contributed by atoms with Crippen LogP contribution in [-0.2, 0) is 9.59 Å². The number of rotatable bonds is 5. The minimum atomic E-state index is -0.562. The van der Waals surface area contributed by atoms with Crippen molar-refractivity contribution in [2.75, 3.05) is 24.1 Å². The Labute approximate surface area is 196 Å². The number of anilines is 2. The number of hydrogen-bond donors (Lipinski definition) is 1. The van der Waals surface area contributed by atoms with E-state index >= 15 is 0 Å². The molecule has 0 saturated carbocycles. The second kappa shape index (κ2) is 9.05. The van der Waals surface area contributed by atoms with E-state index in [1.807, 2.05) is 12.1 Å². The van der Waals surface area contributed by atoms with Crippen LogP contribution < -0.4 is 24.4 Å². The van der Waals surface area contributed by atoms with Gasteiger partial charge in [0.05, 0.1) is 19.1 Å². The molecule has 0 unspecified atom stereocenters. The van der Waals surface area contributed by atoms with Gasteiger partial charge in [-0.2, -0.15) is 0 Å². The lowest BCUT2D eigenvalue weighted by molar-refractivity contribution is -0.125. The van der Waals surface area contributed by atoms with Crippen LogP contribution in [0.5, 0.6) is 17.2 Å². The minimum Gasteiger partial charge on any atom is -0.497 e. The summed E-state index contributed by atoms with van der Waals surface area (Å²) < 4.78 is 29.5. The molecule has 174 valence electrons. The van der Waals surface area contributed by atoms with Gasteiger partial charge in [0, 0.05) is 23.9 Å². The first kappa shape index (κ1) is 21.8. The van der Waals surface area contributed by atoms with Gasteiger partial charge < -0.3 is 24.4 Å². The van der Waals surface area contributed by atoms with E-state index in [-0.39, 0.29) is 30.8 Å². The summed E-state index contributed by atoms with van der Waals surface area (Å²) in [5.41, 5.74) is 1.91.